The minimum absolute atomic E-state index is 0.00963. The van der Waals surface area contributed by atoms with Crippen molar-refractivity contribution in [3.63, 3.8) is 0 Å². The van der Waals surface area contributed by atoms with Gasteiger partial charge in [-0.3, -0.25) is 13.9 Å². The highest BCUT2D eigenvalue weighted by atomic mass is 79.9. The lowest BCUT2D eigenvalue weighted by Gasteiger charge is -2.33. The normalized spacial score (nSPS) is 14.2. The number of anilines is 1. The molecule has 1 aliphatic rings. The Kier molecular flexibility index (Phi) is 11.3. The van der Waals surface area contributed by atoms with E-state index in [1.807, 2.05) is 56.3 Å². The van der Waals surface area contributed by atoms with Crippen LogP contribution in [0.5, 0.6) is 5.75 Å². The van der Waals surface area contributed by atoms with Crippen LogP contribution in [0.2, 0.25) is 0 Å². The van der Waals surface area contributed by atoms with E-state index in [2.05, 4.69) is 21.2 Å². The van der Waals surface area contributed by atoms with E-state index in [1.54, 1.807) is 23.1 Å². The van der Waals surface area contributed by atoms with Gasteiger partial charge in [-0.05, 0) is 84.4 Å². The predicted molar refractivity (Wildman–Crippen MR) is 173 cm³/mol. The van der Waals surface area contributed by atoms with Crippen LogP contribution in [0.25, 0.3) is 0 Å². The number of methoxy groups -OCH3 is 1. The summed E-state index contributed by atoms with van der Waals surface area (Å²) in [5.41, 5.74) is 2.34. The van der Waals surface area contributed by atoms with Crippen LogP contribution >= 0.6 is 15.9 Å². The van der Waals surface area contributed by atoms with Gasteiger partial charge in [0.1, 0.15) is 18.3 Å². The van der Waals surface area contributed by atoms with Crippen LogP contribution in [-0.2, 0) is 26.0 Å². The highest BCUT2D eigenvalue weighted by molar-refractivity contribution is 9.10. The molecule has 8 nitrogen and oxygen atoms in total. The molecule has 43 heavy (non-hydrogen) atoms. The number of nitrogens with one attached hydrogen (secondary N) is 1. The summed E-state index contributed by atoms with van der Waals surface area (Å²) in [5, 5.41) is 3.15. The average Bonchev–Trinajstić information content (AvgIpc) is 3.51. The number of amides is 2. The van der Waals surface area contributed by atoms with Gasteiger partial charge in [0, 0.05) is 12.6 Å². The number of hydrogen-bond donors (Lipinski definition) is 1. The van der Waals surface area contributed by atoms with Crippen molar-refractivity contribution in [2.45, 2.75) is 69.4 Å². The Morgan fingerprint density at radius 2 is 1.70 bits per heavy atom. The minimum atomic E-state index is -4.18. The first kappa shape index (κ1) is 32.5. The largest absolute Gasteiger partial charge is 0.496 e. The number of ether oxygens (including phenoxy) is 1. The van der Waals surface area contributed by atoms with E-state index in [9.17, 15) is 18.0 Å². The molecule has 230 valence electrons. The monoisotopic (exact) mass is 669 g/mol. The molecule has 1 aliphatic carbocycles. The molecular weight excluding hydrogens is 630 g/mol. The number of nitrogens with zero attached hydrogens (tertiary/aromatic N) is 2. The van der Waals surface area contributed by atoms with E-state index in [0.29, 0.717) is 28.8 Å². The zero-order valence-electron chi connectivity index (χ0n) is 25.0. The molecule has 0 spiro atoms. The first-order chi connectivity index (χ1) is 20.6. The van der Waals surface area contributed by atoms with Crippen molar-refractivity contribution in [3.05, 3.63) is 88.4 Å². The van der Waals surface area contributed by atoms with E-state index in [4.69, 9.17) is 4.74 Å². The van der Waals surface area contributed by atoms with Crippen molar-refractivity contribution in [1.82, 2.24) is 10.2 Å². The fourth-order valence-electron chi connectivity index (χ4n) is 5.44. The Labute approximate surface area is 263 Å². The van der Waals surface area contributed by atoms with Gasteiger partial charge in [-0.2, -0.15) is 0 Å². The van der Waals surface area contributed by atoms with E-state index < -0.39 is 28.5 Å². The van der Waals surface area contributed by atoms with Crippen molar-refractivity contribution in [1.29, 1.82) is 0 Å². The van der Waals surface area contributed by atoms with Gasteiger partial charge in [-0.1, -0.05) is 67.8 Å². The maximum Gasteiger partial charge on any atom is 0.264 e. The molecule has 0 heterocycles. The first-order valence-electron chi connectivity index (χ1n) is 14.7. The molecule has 0 aromatic heterocycles. The molecule has 0 radical (unpaired) electrons. The molecule has 1 N–H and O–H groups in total. The zero-order valence-corrected chi connectivity index (χ0v) is 27.4. The van der Waals surface area contributed by atoms with Gasteiger partial charge >= 0.3 is 0 Å². The highest BCUT2D eigenvalue weighted by Gasteiger charge is 2.34. The van der Waals surface area contributed by atoms with Crippen LogP contribution in [0.15, 0.2) is 82.2 Å². The third-order valence-electron chi connectivity index (χ3n) is 7.88. The molecule has 1 atom stereocenters. The molecule has 3 aromatic rings. The van der Waals surface area contributed by atoms with E-state index in [1.165, 1.54) is 19.2 Å². The van der Waals surface area contributed by atoms with Crippen molar-refractivity contribution in [2.75, 3.05) is 24.5 Å². The first-order valence-corrected chi connectivity index (χ1v) is 16.9. The summed E-state index contributed by atoms with van der Waals surface area (Å²) in [7, 11) is -2.68. The maximum absolute atomic E-state index is 14.2. The molecule has 2 amide bonds. The average molecular weight is 671 g/mol. The molecule has 0 saturated heterocycles. The van der Waals surface area contributed by atoms with Crippen LogP contribution in [0.4, 0.5) is 5.69 Å². The van der Waals surface area contributed by atoms with Crippen LogP contribution < -0.4 is 14.4 Å². The Bertz CT molecular complexity index is 1490. The number of hydrogen-bond acceptors (Lipinski definition) is 5. The number of carbonyl (C=O) groups is 2. The summed E-state index contributed by atoms with van der Waals surface area (Å²) < 4.78 is 35.1. The molecule has 0 unspecified atom stereocenters. The summed E-state index contributed by atoms with van der Waals surface area (Å²) in [4.78, 5) is 29.3. The second kappa shape index (κ2) is 14.9. The molecule has 10 heteroatoms. The molecule has 0 aliphatic heterocycles. The second-order valence-electron chi connectivity index (χ2n) is 10.9. The summed E-state index contributed by atoms with van der Waals surface area (Å²) in [6.07, 6.45) is 4.94. The molecule has 4 rings (SSSR count). The van der Waals surface area contributed by atoms with Crippen molar-refractivity contribution in [3.8, 4) is 5.75 Å². The van der Waals surface area contributed by atoms with E-state index >= 15 is 0 Å². The van der Waals surface area contributed by atoms with Gasteiger partial charge in [0.25, 0.3) is 10.0 Å². The van der Waals surface area contributed by atoms with Gasteiger partial charge in [0.05, 0.1) is 22.2 Å². The fraction of sp³-hybridized carbons (Fsp3) is 0.394. The SMILES string of the molecule is CC[C@@H](C(=O)NC1CCCC1)N(CCc1ccccc1)C(=O)CN(c1ccc(C)cc1)S(=O)(=O)c1ccc(OC)c(Br)c1. The Morgan fingerprint density at radius 3 is 2.30 bits per heavy atom. The smallest absolute Gasteiger partial charge is 0.264 e. The van der Waals surface area contributed by atoms with Gasteiger partial charge in [-0.15, -0.1) is 0 Å². The Balaban J connectivity index is 1.69. The van der Waals surface area contributed by atoms with Gasteiger partial charge in [-0.25, -0.2) is 8.42 Å². The number of rotatable bonds is 13. The standard InChI is InChI=1S/C33H40BrN3O5S/c1-4-30(33(39)35-26-12-8-9-13-26)36(21-20-25-10-6-5-7-11-25)32(38)23-37(27-16-14-24(2)15-17-27)43(40,41)28-18-19-31(42-3)29(34)22-28/h5-7,10-11,14-19,22,26,30H,4,8-9,12-13,20-21,23H2,1-3H3,(H,35,39)/t30-/m0/s1. The number of aryl methyl sites for hydroxylation is 1. The number of carbonyl (C=O) groups excluding carboxylic acids is 2. The Morgan fingerprint density at radius 1 is 1.02 bits per heavy atom. The minimum Gasteiger partial charge on any atom is -0.496 e. The summed E-state index contributed by atoms with van der Waals surface area (Å²) in [5.74, 6) is -0.149. The van der Waals surface area contributed by atoms with Crippen molar-refractivity contribution in [2.24, 2.45) is 0 Å². The molecule has 1 saturated carbocycles. The lowest BCUT2D eigenvalue weighted by molar-refractivity contribution is -0.139. The predicted octanol–water partition coefficient (Wildman–Crippen LogP) is 5.87. The van der Waals surface area contributed by atoms with Crippen LogP contribution in [0, 0.1) is 6.92 Å². The van der Waals surface area contributed by atoms with E-state index in [0.717, 1.165) is 41.1 Å². The number of halogens is 1. The molecule has 0 bridgehead atoms. The van der Waals surface area contributed by atoms with E-state index in [-0.39, 0.29) is 23.4 Å². The molecule has 3 aromatic carbocycles. The van der Waals surface area contributed by atoms with Gasteiger partial charge in [0.15, 0.2) is 0 Å². The summed E-state index contributed by atoms with van der Waals surface area (Å²) in [6, 6.07) is 20.6. The third kappa shape index (κ3) is 8.17. The lowest BCUT2D eigenvalue weighted by Crippen LogP contribution is -2.54. The summed E-state index contributed by atoms with van der Waals surface area (Å²) in [6.45, 7) is 3.60. The molecular formula is C33H40BrN3O5S. The number of benzene rings is 3. The lowest BCUT2D eigenvalue weighted by atomic mass is 10.1. The fourth-order valence-corrected chi connectivity index (χ4v) is 7.57. The molecule has 1 fully saturated rings. The van der Waals surface area contributed by atoms with Crippen molar-refractivity contribution < 1.29 is 22.7 Å². The summed E-state index contributed by atoms with van der Waals surface area (Å²) >= 11 is 3.38. The van der Waals surface area contributed by atoms with Crippen LogP contribution in [0.3, 0.4) is 0 Å². The number of sulfonamides is 1. The topological polar surface area (TPSA) is 96.0 Å². The van der Waals surface area contributed by atoms with Crippen LogP contribution in [-0.4, -0.2) is 57.4 Å². The quantitative estimate of drug-likeness (QED) is 0.246. The van der Waals surface area contributed by atoms with Crippen molar-refractivity contribution >= 4 is 43.5 Å². The zero-order chi connectivity index (χ0) is 31.0. The Hall–Kier alpha value is -3.37. The maximum atomic E-state index is 14.2. The van der Waals surface area contributed by atoms with Crippen LogP contribution in [0.1, 0.15) is 50.2 Å². The van der Waals surface area contributed by atoms with Gasteiger partial charge in [0.2, 0.25) is 11.8 Å². The highest BCUT2D eigenvalue weighted by Crippen LogP contribution is 2.31. The second-order valence-corrected chi connectivity index (χ2v) is 13.6. The third-order valence-corrected chi connectivity index (χ3v) is 10.3. The van der Waals surface area contributed by atoms with Gasteiger partial charge < -0.3 is 15.0 Å².